The summed E-state index contributed by atoms with van der Waals surface area (Å²) in [4.78, 5) is 22.3. The van der Waals surface area contributed by atoms with Gasteiger partial charge in [-0.05, 0) is 12.1 Å². The smallest absolute Gasteiger partial charge is 0.276 e. The van der Waals surface area contributed by atoms with Gasteiger partial charge in [0.15, 0.2) is 5.82 Å². The first-order chi connectivity index (χ1) is 10.1. The van der Waals surface area contributed by atoms with Gasteiger partial charge in [-0.15, -0.1) is 0 Å². The number of nitrogens with zero attached hydrogens (tertiary/aromatic N) is 4. The average Bonchev–Trinajstić information content (AvgIpc) is 2.90. The molecule has 0 saturated heterocycles. The van der Waals surface area contributed by atoms with E-state index in [0.29, 0.717) is 17.2 Å². The van der Waals surface area contributed by atoms with Gasteiger partial charge < -0.3 is 18.9 Å². The van der Waals surface area contributed by atoms with E-state index >= 15 is 0 Å². The topological polar surface area (TPSA) is 69.5 Å². The van der Waals surface area contributed by atoms with Gasteiger partial charge in [-0.25, -0.2) is 4.98 Å². The molecule has 2 aromatic heterocycles. The van der Waals surface area contributed by atoms with Crippen molar-refractivity contribution in [2.45, 2.75) is 6.29 Å². The Labute approximate surface area is 123 Å². The van der Waals surface area contributed by atoms with Crippen LogP contribution in [0.2, 0.25) is 0 Å². The summed E-state index contributed by atoms with van der Waals surface area (Å²) >= 11 is 0. The molecule has 0 aromatic carbocycles. The maximum absolute atomic E-state index is 12.5. The molecule has 7 nitrogen and oxygen atoms in total. The minimum absolute atomic E-state index is 0.185. The Bertz CT molecular complexity index is 608. The molecule has 0 aliphatic heterocycles. The van der Waals surface area contributed by atoms with Crippen LogP contribution in [-0.2, 0) is 16.5 Å². The summed E-state index contributed by atoms with van der Waals surface area (Å²) in [6.45, 7) is 0. The lowest BCUT2D eigenvalue weighted by Crippen LogP contribution is -2.28. The highest BCUT2D eigenvalue weighted by molar-refractivity contribution is 6.04. The number of hydrogen-bond donors (Lipinski definition) is 0. The number of hydrogen-bond acceptors (Lipinski definition) is 5. The van der Waals surface area contributed by atoms with Gasteiger partial charge in [0.05, 0.1) is 18.1 Å². The molecule has 112 valence electrons. The Hall–Kier alpha value is -2.25. The number of rotatable bonds is 5. The molecule has 2 rings (SSSR count). The third-order valence-electron chi connectivity index (χ3n) is 3.22. The molecule has 0 N–H and O–H groups in total. The standard InChI is InChI=1S/C14H18N4O3/c1-17(10-6-5-7-15-8-10)13(19)11-9-16-12(18(11)2)14(20-3)21-4/h5-9,14H,1-4H3. The number of imidazole rings is 1. The van der Waals surface area contributed by atoms with E-state index in [2.05, 4.69) is 9.97 Å². The fraction of sp³-hybridized carbons (Fsp3) is 0.357. The molecule has 21 heavy (non-hydrogen) atoms. The van der Waals surface area contributed by atoms with Crippen molar-refractivity contribution >= 4 is 11.6 Å². The maximum Gasteiger partial charge on any atom is 0.276 e. The summed E-state index contributed by atoms with van der Waals surface area (Å²) in [7, 11) is 6.48. The lowest BCUT2D eigenvalue weighted by atomic mass is 10.3. The van der Waals surface area contributed by atoms with Crippen molar-refractivity contribution in [3.63, 3.8) is 0 Å². The zero-order valence-corrected chi connectivity index (χ0v) is 12.5. The highest BCUT2D eigenvalue weighted by Crippen LogP contribution is 2.19. The molecule has 2 aromatic rings. The molecule has 2 heterocycles. The number of carbonyl (C=O) groups excluding carboxylic acids is 1. The fourth-order valence-corrected chi connectivity index (χ4v) is 1.99. The molecule has 0 fully saturated rings. The third kappa shape index (κ3) is 2.93. The van der Waals surface area contributed by atoms with Crippen LogP contribution in [0.25, 0.3) is 0 Å². The minimum Gasteiger partial charge on any atom is -0.349 e. The van der Waals surface area contributed by atoms with Crippen molar-refractivity contribution in [1.82, 2.24) is 14.5 Å². The lowest BCUT2D eigenvalue weighted by molar-refractivity contribution is -0.112. The summed E-state index contributed by atoms with van der Waals surface area (Å²) in [6, 6.07) is 3.59. The first kappa shape index (κ1) is 15.1. The predicted molar refractivity (Wildman–Crippen MR) is 76.9 cm³/mol. The Morgan fingerprint density at radius 1 is 1.33 bits per heavy atom. The molecular weight excluding hydrogens is 272 g/mol. The van der Waals surface area contributed by atoms with Gasteiger partial charge in [0, 0.05) is 34.5 Å². The maximum atomic E-state index is 12.5. The molecule has 0 atom stereocenters. The monoisotopic (exact) mass is 290 g/mol. The highest BCUT2D eigenvalue weighted by Gasteiger charge is 2.23. The summed E-state index contributed by atoms with van der Waals surface area (Å²) in [5.41, 5.74) is 1.15. The molecule has 0 unspecified atom stereocenters. The van der Waals surface area contributed by atoms with Crippen molar-refractivity contribution in [3.05, 3.63) is 42.2 Å². The van der Waals surface area contributed by atoms with Crippen LogP contribution in [0.5, 0.6) is 0 Å². The van der Waals surface area contributed by atoms with Gasteiger partial charge in [-0.1, -0.05) is 0 Å². The fourth-order valence-electron chi connectivity index (χ4n) is 1.99. The number of amides is 1. The molecule has 0 aliphatic rings. The molecule has 0 saturated carbocycles. The van der Waals surface area contributed by atoms with Crippen LogP contribution in [0, 0.1) is 0 Å². The van der Waals surface area contributed by atoms with Gasteiger partial charge in [0.25, 0.3) is 5.91 Å². The van der Waals surface area contributed by atoms with Crippen molar-refractivity contribution in [3.8, 4) is 0 Å². The van der Waals surface area contributed by atoms with E-state index in [1.165, 1.54) is 25.3 Å². The Kier molecular flexibility index (Phi) is 4.66. The molecule has 0 spiro atoms. The second kappa shape index (κ2) is 6.47. The predicted octanol–water partition coefficient (Wildman–Crippen LogP) is 1.38. The van der Waals surface area contributed by atoms with Gasteiger partial charge >= 0.3 is 0 Å². The zero-order valence-electron chi connectivity index (χ0n) is 12.5. The molecule has 0 bridgehead atoms. The largest absolute Gasteiger partial charge is 0.349 e. The quantitative estimate of drug-likeness (QED) is 0.778. The minimum atomic E-state index is -0.611. The van der Waals surface area contributed by atoms with Crippen molar-refractivity contribution < 1.29 is 14.3 Å². The van der Waals surface area contributed by atoms with E-state index in [4.69, 9.17) is 9.47 Å². The van der Waals surface area contributed by atoms with Crippen molar-refractivity contribution in [2.24, 2.45) is 7.05 Å². The summed E-state index contributed by atoms with van der Waals surface area (Å²) < 4.78 is 12.0. The number of ether oxygens (including phenoxy) is 2. The van der Waals surface area contributed by atoms with Crippen LogP contribution in [-0.4, -0.2) is 41.7 Å². The number of aromatic nitrogens is 3. The number of methoxy groups -OCH3 is 2. The third-order valence-corrected chi connectivity index (χ3v) is 3.22. The van der Waals surface area contributed by atoms with Gasteiger partial charge in [0.1, 0.15) is 5.69 Å². The van der Waals surface area contributed by atoms with Crippen LogP contribution in [0.15, 0.2) is 30.7 Å². The van der Waals surface area contributed by atoms with E-state index in [0.717, 1.165) is 0 Å². The second-order valence-electron chi connectivity index (χ2n) is 4.44. The van der Waals surface area contributed by atoms with E-state index in [-0.39, 0.29) is 5.91 Å². The summed E-state index contributed by atoms with van der Waals surface area (Å²) in [5, 5.41) is 0. The van der Waals surface area contributed by atoms with E-state index in [1.807, 2.05) is 6.07 Å². The van der Waals surface area contributed by atoms with Gasteiger partial charge in [-0.2, -0.15) is 0 Å². The second-order valence-corrected chi connectivity index (χ2v) is 4.44. The molecule has 0 radical (unpaired) electrons. The van der Waals surface area contributed by atoms with E-state index in [9.17, 15) is 4.79 Å². The van der Waals surface area contributed by atoms with Crippen LogP contribution in [0.3, 0.4) is 0 Å². The molecule has 0 aliphatic carbocycles. The summed E-state index contributed by atoms with van der Waals surface area (Å²) in [6.07, 6.45) is 4.18. The van der Waals surface area contributed by atoms with Crippen LogP contribution >= 0.6 is 0 Å². The van der Waals surface area contributed by atoms with Crippen LogP contribution < -0.4 is 4.90 Å². The Morgan fingerprint density at radius 2 is 2.05 bits per heavy atom. The number of anilines is 1. The molecule has 7 heteroatoms. The number of pyridine rings is 1. The van der Waals surface area contributed by atoms with Crippen molar-refractivity contribution in [1.29, 1.82) is 0 Å². The zero-order chi connectivity index (χ0) is 15.4. The lowest BCUT2D eigenvalue weighted by Gasteiger charge is -2.18. The normalized spacial score (nSPS) is 10.9. The van der Waals surface area contributed by atoms with Crippen LogP contribution in [0.1, 0.15) is 22.6 Å². The highest BCUT2D eigenvalue weighted by atomic mass is 16.7. The Morgan fingerprint density at radius 3 is 2.62 bits per heavy atom. The van der Waals surface area contributed by atoms with Gasteiger partial charge in [0.2, 0.25) is 6.29 Å². The van der Waals surface area contributed by atoms with E-state index in [1.54, 1.807) is 37.1 Å². The average molecular weight is 290 g/mol. The molecular formula is C14H18N4O3. The first-order valence-electron chi connectivity index (χ1n) is 6.35. The van der Waals surface area contributed by atoms with Crippen LogP contribution in [0.4, 0.5) is 5.69 Å². The molecule has 1 amide bonds. The number of carbonyl (C=O) groups is 1. The van der Waals surface area contributed by atoms with E-state index < -0.39 is 6.29 Å². The van der Waals surface area contributed by atoms with Gasteiger partial charge in [-0.3, -0.25) is 9.78 Å². The SMILES string of the molecule is COC(OC)c1ncc(C(=O)N(C)c2cccnc2)n1C. The Balaban J connectivity index is 2.28. The first-order valence-corrected chi connectivity index (χ1v) is 6.35. The summed E-state index contributed by atoms with van der Waals surface area (Å²) in [5.74, 6) is 0.346. The van der Waals surface area contributed by atoms with Crippen molar-refractivity contribution in [2.75, 3.05) is 26.2 Å².